The van der Waals surface area contributed by atoms with Crippen molar-refractivity contribution in [2.45, 2.75) is 25.9 Å². The van der Waals surface area contributed by atoms with E-state index in [1.165, 1.54) is 11.1 Å². The van der Waals surface area contributed by atoms with Gasteiger partial charge in [0.15, 0.2) is 0 Å². The monoisotopic (exact) mass is 359 g/mol. The highest BCUT2D eigenvalue weighted by Crippen LogP contribution is 2.29. The lowest BCUT2D eigenvalue weighted by atomic mass is 10.1. The van der Waals surface area contributed by atoms with Crippen LogP contribution in [0.15, 0.2) is 36.4 Å². The van der Waals surface area contributed by atoms with Gasteiger partial charge in [-0.25, -0.2) is 0 Å². The summed E-state index contributed by atoms with van der Waals surface area (Å²) in [5, 5.41) is 13.8. The van der Waals surface area contributed by atoms with Gasteiger partial charge in [-0.05, 0) is 61.3 Å². The van der Waals surface area contributed by atoms with Crippen molar-refractivity contribution in [3.63, 3.8) is 0 Å². The first-order chi connectivity index (χ1) is 11.6. The Labute approximate surface area is 152 Å². The highest BCUT2D eigenvalue weighted by molar-refractivity contribution is 6.32. The molecule has 2 aromatic carbocycles. The van der Waals surface area contributed by atoms with E-state index in [9.17, 15) is 0 Å². The number of halogens is 2. The molecule has 0 aromatic heterocycles. The van der Waals surface area contributed by atoms with E-state index < -0.39 is 0 Å². The maximum absolute atomic E-state index is 9.09. The van der Waals surface area contributed by atoms with Gasteiger partial charge in [-0.1, -0.05) is 29.3 Å². The summed E-state index contributed by atoms with van der Waals surface area (Å²) in [5.74, 6) is 0. The lowest BCUT2D eigenvalue weighted by molar-refractivity contribution is 0.630. The molecule has 1 aliphatic rings. The summed E-state index contributed by atoms with van der Waals surface area (Å²) < 4.78 is 0. The Hall–Kier alpha value is -1.73. The van der Waals surface area contributed by atoms with Crippen LogP contribution in [0, 0.1) is 18.3 Å². The summed E-state index contributed by atoms with van der Waals surface area (Å²) in [5.41, 5.74) is 3.97. The third-order valence-electron chi connectivity index (χ3n) is 4.53. The minimum absolute atomic E-state index is 0.407. The van der Waals surface area contributed by atoms with E-state index in [1.54, 1.807) is 6.07 Å². The van der Waals surface area contributed by atoms with E-state index in [0.29, 0.717) is 16.6 Å². The van der Waals surface area contributed by atoms with E-state index in [4.69, 9.17) is 28.5 Å². The van der Waals surface area contributed by atoms with Crippen molar-refractivity contribution in [3.8, 4) is 6.07 Å². The van der Waals surface area contributed by atoms with Crippen LogP contribution in [-0.4, -0.2) is 19.1 Å². The molecule has 1 saturated heterocycles. The molecule has 1 heterocycles. The molecule has 0 radical (unpaired) electrons. The minimum Gasteiger partial charge on any atom is -0.363 e. The van der Waals surface area contributed by atoms with Gasteiger partial charge in [-0.15, -0.1) is 0 Å². The maximum atomic E-state index is 9.09. The first-order valence-corrected chi connectivity index (χ1v) is 8.76. The molecule has 3 nitrogen and oxygen atoms in total. The van der Waals surface area contributed by atoms with Crippen LogP contribution >= 0.6 is 23.2 Å². The summed E-state index contributed by atoms with van der Waals surface area (Å²) in [6.45, 7) is 4.84. The quantitative estimate of drug-likeness (QED) is 0.870. The lowest BCUT2D eigenvalue weighted by Crippen LogP contribution is -2.36. The van der Waals surface area contributed by atoms with Crippen molar-refractivity contribution in [1.82, 2.24) is 5.32 Å². The fourth-order valence-electron chi connectivity index (χ4n) is 3.13. The highest BCUT2D eigenvalue weighted by atomic mass is 35.5. The second kappa shape index (κ2) is 7.44. The van der Waals surface area contributed by atoms with Gasteiger partial charge in [0.25, 0.3) is 0 Å². The van der Waals surface area contributed by atoms with Crippen LogP contribution in [0.4, 0.5) is 5.69 Å². The van der Waals surface area contributed by atoms with Crippen LogP contribution in [0.5, 0.6) is 0 Å². The fourth-order valence-corrected chi connectivity index (χ4v) is 3.57. The van der Waals surface area contributed by atoms with Gasteiger partial charge in [0.2, 0.25) is 0 Å². The number of hydrogen-bond donors (Lipinski definition) is 1. The predicted octanol–water partition coefficient (Wildman–Crippen LogP) is 4.54. The molecular formula is C19H19Cl2N3. The number of benzene rings is 2. The first kappa shape index (κ1) is 17.1. The largest absolute Gasteiger partial charge is 0.363 e. The molecule has 1 fully saturated rings. The Morgan fingerprint density at radius 2 is 2.08 bits per heavy atom. The Morgan fingerprint density at radius 3 is 2.71 bits per heavy atom. The molecule has 2 aromatic rings. The number of hydrogen-bond acceptors (Lipinski definition) is 3. The zero-order valence-corrected chi connectivity index (χ0v) is 15.0. The summed E-state index contributed by atoms with van der Waals surface area (Å²) in [7, 11) is 0. The Morgan fingerprint density at radius 1 is 1.25 bits per heavy atom. The summed E-state index contributed by atoms with van der Waals surface area (Å²) in [6, 6.07) is 14.2. The van der Waals surface area contributed by atoms with Crippen molar-refractivity contribution >= 4 is 28.9 Å². The van der Waals surface area contributed by atoms with Gasteiger partial charge in [0.05, 0.1) is 10.6 Å². The molecule has 124 valence electrons. The SMILES string of the molecule is Cc1cc(Cl)ccc1CN(c1ccc(C#N)c(Cl)c1)[C@H]1CCNC1. The Balaban J connectivity index is 1.94. The van der Waals surface area contributed by atoms with Crippen molar-refractivity contribution in [3.05, 3.63) is 63.1 Å². The summed E-state index contributed by atoms with van der Waals surface area (Å²) >= 11 is 12.3. The van der Waals surface area contributed by atoms with Crippen LogP contribution in [0.3, 0.4) is 0 Å². The van der Waals surface area contributed by atoms with Crippen LogP contribution in [0.2, 0.25) is 10.0 Å². The molecular weight excluding hydrogens is 341 g/mol. The molecule has 5 heteroatoms. The van der Waals surface area contributed by atoms with Crippen LogP contribution < -0.4 is 10.2 Å². The van der Waals surface area contributed by atoms with Crippen LogP contribution in [0.25, 0.3) is 0 Å². The van der Waals surface area contributed by atoms with Gasteiger partial charge in [-0.2, -0.15) is 5.26 Å². The van der Waals surface area contributed by atoms with Crippen molar-refractivity contribution < 1.29 is 0 Å². The zero-order valence-electron chi connectivity index (χ0n) is 13.5. The molecule has 0 amide bonds. The third kappa shape index (κ3) is 3.67. The number of aryl methyl sites for hydroxylation is 1. The van der Waals surface area contributed by atoms with Gasteiger partial charge < -0.3 is 10.2 Å². The molecule has 0 aliphatic carbocycles. The van der Waals surface area contributed by atoms with E-state index >= 15 is 0 Å². The lowest BCUT2D eigenvalue weighted by Gasteiger charge is -2.31. The predicted molar refractivity (Wildman–Crippen MR) is 99.8 cm³/mol. The fraction of sp³-hybridized carbons (Fsp3) is 0.316. The van der Waals surface area contributed by atoms with Gasteiger partial charge in [0.1, 0.15) is 6.07 Å². The molecule has 3 rings (SSSR count). The van der Waals surface area contributed by atoms with Crippen LogP contribution in [-0.2, 0) is 6.54 Å². The third-order valence-corrected chi connectivity index (χ3v) is 5.07. The second-order valence-corrected chi connectivity index (χ2v) is 6.96. The van der Waals surface area contributed by atoms with Crippen molar-refractivity contribution in [1.29, 1.82) is 5.26 Å². The van der Waals surface area contributed by atoms with Gasteiger partial charge in [0, 0.05) is 29.8 Å². The van der Waals surface area contributed by atoms with Gasteiger partial charge >= 0.3 is 0 Å². The smallest absolute Gasteiger partial charge is 0.101 e. The van der Waals surface area contributed by atoms with E-state index in [1.807, 2.05) is 24.3 Å². The molecule has 1 atom stereocenters. The Bertz CT molecular complexity index is 777. The number of anilines is 1. The maximum Gasteiger partial charge on any atom is 0.101 e. The zero-order chi connectivity index (χ0) is 17.1. The van der Waals surface area contributed by atoms with Crippen molar-refractivity contribution in [2.24, 2.45) is 0 Å². The van der Waals surface area contributed by atoms with Crippen molar-refractivity contribution in [2.75, 3.05) is 18.0 Å². The number of nitriles is 1. The number of rotatable bonds is 4. The molecule has 24 heavy (non-hydrogen) atoms. The molecule has 0 spiro atoms. The van der Waals surface area contributed by atoms with Crippen LogP contribution in [0.1, 0.15) is 23.1 Å². The molecule has 0 bridgehead atoms. The topological polar surface area (TPSA) is 39.1 Å². The van der Waals surface area contributed by atoms with E-state index in [0.717, 1.165) is 36.8 Å². The molecule has 0 saturated carbocycles. The average Bonchev–Trinajstić information content (AvgIpc) is 3.08. The van der Waals surface area contributed by atoms with Gasteiger partial charge in [-0.3, -0.25) is 0 Å². The summed E-state index contributed by atoms with van der Waals surface area (Å²) in [6.07, 6.45) is 1.09. The Kier molecular flexibility index (Phi) is 5.30. The number of nitrogens with one attached hydrogen (secondary N) is 1. The second-order valence-electron chi connectivity index (χ2n) is 6.12. The standard InChI is InChI=1S/C19H19Cl2N3/c1-13-8-16(20)4-2-15(13)12-24(18-6-7-23-11-18)17-5-3-14(10-22)19(21)9-17/h2-5,8-9,18,23H,6-7,11-12H2,1H3/t18-/m0/s1. The molecule has 1 N–H and O–H groups in total. The average molecular weight is 360 g/mol. The minimum atomic E-state index is 0.407. The summed E-state index contributed by atoms with van der Waals surface area (Å²) in [4.78, 5) is 2.36. The van der Waals surface area contributed by atoms with E-state index in [-0.39, 0.29) is 0 Å². The van der Waals surface area contributed by atoms with E-state index in [2.05, 4.69) is 29.3 Å². The first-order valence-electron chi connectivity index (χ1n) is 8.00. The molecule has 0 unspecified atom stereocenters. The highest BCUT2D eigenvalue weighted by Gasteiger charge is 2.24. The normalized spacial score (nSPS) is 16.8. The number of nitrogens with zero attached hydrogens (tertiary/aromatic N) is 2. The molecule has 1 aliphatic heterocycles.